The average molecular weight is 462 g/mol. The Labute approximate surface area is 205 Å². The Bertz CT molecular complexity index is 1440. The summed E-state index contributed by atoms with van der Waals surface area (Å²) in [7, 11) is 0. The Morgan fingerprint density at radius 2 is 1.60 bits per heavy atom. The number of esters is 1. The third kappa shape index (κ3) is 3.40. The quantitative estimate of drug-likeness (QED) is 0.310. The topological polar surface area (TPSA) is 47.6 Å². The van der Waals surface area contributed by atoms with Crippen LogP contribution in [0.2, 0.25) is 0 Å². The van der Waals surface area contributed by atoms with Gasteiger partial charge in [0.1, 0.15) is 11.5 Å². The van der Waals surface area contributed by atoms with Gasteiger partial charge in [-0.25, -0.2) is 4.79 Å². The van der Waals surface area contributed by atoms with Gasteiger partial charge in [0.15, 0.2) is 5.60 Å². The summed E-state index contributed by atoms with van der Waals surface area (Å²) in [5, 5.41) is 3.52. The van der Waals surface area contributed by atoms with Gasteiger partial charge in [-0.2, -0.15) is 0 Å². The Hall–Kier alpha value is -4.05. The molecule has 0 bridgehead atoms. The molecule has 0 aliphatic carbocycles. The van der Waals surface area contributed by atoms with Gasteiger partial charge in [0.2, 0.25) is 0 Å². The fourth-order valence-corrected chi connectivity index (χ4v) is 5.21. The zero-order valence-electron chi connectivity index (χ0n) is 19.9. The monoisotopic (exact) mass is 461 g/mol. The molecule has 0 fully saturated rings. The summed E-state index contributed by atoms with van der Waals surface area (Å²) in [6, 6.07) is 28.2. The minimum atomic E-state index is -1.05. The van der Waals surface area contributed by atoms with Crippen molar-refractivity contribution >= 4 is 17.3 Å². The van der Waals surface area contributed by atoms with Crippen LogP contribution in [0.1, 0.15) is 57.9 Å². The molecule has 2 aliphatic rings. The molecule has 2 heterocycles. The number of unbranched alkanes of at least 4 members (excludes halogenated alkanes) is 1. The van der Waals surface area contributed by atoms with Crippen LogP contribution in [-0.4, -0.2) is 5.97 Å². The largest absolute Gasteiger partial charge is 0.456 e. The Kier molecular flexibility index (Phi) is 5.10. The van der Waals surface area contributed by atoms with E-state index in [2.05, 4.69) is 43.4 Å². The summed E-state index contributed by atoms with van der Waals surface area (Å²) in [5.41, 5.74) is 6.29. The second-order valence-corrected chi connectivity index (χ2v) is 9.31. The predicted octanol–water partition coefficient (Wildman–Crippen LogP) is 7.65. The van der Waals surface area contributed by atoms with Gasteiger partial charge in [0.25, 0.3) is 0 Å². The standard InChI is InChI=1S/C31H27NO3/c1-3-4-10-21-15-16-25-29(18-21)34-28-17-20(2)27(32-22-11-6-5-7-12-22)19-26(28)31(25)24-14-9-8-13-23(24)30(33)35-31/h5-9,11-19,32H,3-4,10H2,1-2H3. The molecule has 0 aromatic heterocycles. The molecule has 4 aromatic carbocycles. The molecule has 0 radical (unpaired) electrons. The minimum absolute atomic E-state index is 0.312. The van der Waals surface area contributed by atoms with Gasteiger partial charge in [-0.05, 0) is 67.3 Å². The van der Waals surface area contributed by atoms with Crippen LogP contribution < -0.4 is 10.1 Å². The van der Waals surface area contributed by atoms with Crippen LogP contribution >= 0.6 is 0 Å². The summed E-state index contributed by atoms with van der Waals surface area (Å²) in [5.74, 6) is 1.15. The summed E-state index contributed by atoms with van der Waals surface area (Å²) >= 11 is 0. The van der Waals surface area contributed by atoms with E-state index in [1.54, 1.807) is 0 Å². The lowest BCUT2D eigenvalue weighted by Crippen LogP contribution is -2.33. The third-order valence-electron chi connectivity index (χ3n) is 6.99. The first kappa shape index (κ1) is 21.5. The van der Waals surface area contributed by atoms with Crippen molar-refractivity contribution in [2.75, 3.05) is 5.32 Å². The van der Waals surface area contributed by atoms with E-state index in [-0.39, 0.29) is 5.97 Å². The van der Waals surface area contributed by atoms with Gasteiger partial charge < -0.3 is 14.8 Å². The number of para-hydroxylation sites is 1. The third-order valence-corrected chi connectivity index (χ3v) is 6.99. The number of ether oxygens (including phenoxy) is 2. The molecular formula is C31H27NO3. The normalized spacial score (nSPS) is 17.3. The van der Waals surface area contributed by atoms with E-state index in [0.29, 0.717) is 11.3 Å². The van der Waals surface area contributed by atoms with Crippen LogP contribution in [0.25, 0.3) is 0 Å². The Morgan fingerprint density at radius 1 is 0.829 bits per heavy atom. The summed E-state index contributed by atoms with van der Waals surface area (Å²) < 4.78 is 12.8. The van der Waals surface area contributed by atoms with Gasteiger partial charge in [0.05, 0.1) is 5.56 Å². The van der Waals surface area contributed by atoms with Crippen LogP contribution in [0.3, 0.4) is 0 Å². The van der Waals surface area contributed by atoms with Gasteiger partial charge in [-0.3, -0.25) is 0 Å². The highest BCUT2D eigenvalue weighted by atomic mass is 16.6. The number of carbonyl (C=O) groups is 1. The first-order chi connectivity index (χ1) is 17.1. The highest BCUT2D eigenvalue weighted by molar-refractivity contribution is 5.97. The van der Waals surface area contributed by atoms with Gasteiger partial charge in [0, 0.05) is 28.1 Å². The van der Waals surface area contributed by atoms with Crippen LogP contribution in [0.15, 0.2) is 84.9 Å². The van der Waals surface area contributed by atoms with Crippen LogP contribution in [-0.2, 0) is 16.8 Å². The van der Waals surface area contributed by atoms with Crippen molar-refractivity contribution in [1.29, 1.82) is 0 Å². The second kappa shape index (κ2) is 8.31. The Balaban J connectivity index is 1.57. The minimum Gasteiger partial charge on any atom is -0.456 e. The van der Waals surface area contributed by atoms with Crippen molar-refractivity contribution in [3.8, 4) is 11.5 Å². The molecule has 174 valence electrons. The van der Waals surface area contributed by atoms with Gasteiger partial charge in [-0.1, -0.05) is 61.9 Å². The molecule has 4 nitrogen and oxygen atoms in total. The summed E-state index contributed by atoms with van der Waals surface area (Å²) in [6.45, 7) is 4.25. The average Bonchev–Trinajstić information content (AvgIpc) is 3.17. The van der Waals surface area contributed by atoms with E-state index in [0.717, 1.165) is 58.6 Å². The predicted molar refractivity (Wildman–Crippen MR) is 138 cm³/mol. The molecule has 1 unspecified atom stereocenters. The maximum absolute atomic E-state index is 13.1. The molecule has 1 N–H and O–H groups in total. The molecule has 0 saturated heterocycles. The SMILES string of the molecule is CCCCc1ccc2c(c1)Oc1cc(C)c(Nc3ccccc3)cc1C21OC(=O)c2ccccc21. The van der Waals surface area contributed by atoms with Gasteiger partial charge in [-0.15, -0.1) is 0 Å². The molecule has 2 aliphatic heterocycles. The number of nitrogens with one attached hydrogen (secondary N) is 1. The second-order valence-electron chi connectivity index (χ2n) is 9.31. The van der Waals surface area contributed by atoms with Crippen LogP contribution in [0.4, 0.5) is 11.4 Å². The zero-order chi connectivity index (χ0) is 24.0. The lowest BCUT2D eigenvalue weighted by molar-refractivity contribution is 0.0224. The zero-order valence-corrected chi connectivity index (χ0v) is 19.9. The molecule has 0 amide bonds. The number of hydrogen-bond acceptors (Lipinski definition) is 4. The van der Waals surface area contributed by atoms with Crippen molar-refractivity contribution < 1.29 is 14.3 Å². The van der Waals surface area contributed by atoms with E-state index < -0.39 is 5.60 Å². The number of hydrogen-bond donors (Lipinski definition) is 1. The maximum Gasteiger partial charge on any atom is 0.340 e. The van der Waals surface area contributed by atoms with E-state index in [1.165, 1.54) is 5.56 Å². The highest BCUT2D eigenvalue weighted by Gasteiger charge is 2.53. The maximum atomic E-state index is 13.1. The molecule has 4 aromatic rings. The number of rotatable bonds is 5. The molecule has 4 heteroatoms. The smallest absolute Gasteiger partial charge is 0.340 e. The number of anilines is 2. The summed E-state index contributed by atoms with van der Waals surface area (Å²) in [4.78, 5) is 13.1. The van der Waals surface area contributed by atoms with Crippen LogP contribution in [0.5, 0.6) is 11.5 Å². The van der Waals surface area contributed by atoms with E-state index in [1.807, 2.05) is 60.7 Å². The fraction of sp³-hybridized carbons (Fsp3) is 0.194. The van der Waals surface area contributed by atoms with Crippen molar-refractivity contribution in [2.45, 2.75) is 38.7 Å². The number of fused-ring (bicyclic) bond motifs is 6. The Morgan fingerprint density at radius 3 is 2.43 bits per heavy atom. The lowest BCUT2D eigenvalue weighted by atomic mass is 9.77. The molecule has 6 rings (SSSR count). The van der Waals surface area contributed by atoms with Gasteiger partial charge >= 0.3 is 5.97 Å². The lowest BCUT2D eigenvalue weighted by Gasteiger charge is -2.37. The molecule has 1 atom stereocenters. The van der Waals surface area contributed by atoms with Crippen LogP contribution in [0, 0.1) is 6.92 Å². The molecule has 0 saturated carbocycles. The van der Waals surface area contributed by atoms with E-state index in [9.17, 15) is 4.79 Å². The van der Waals surface area contributed by atoms with Crippen molar-refractivity contribution in [1.82, 2.24) is 0 Å². The summed E-state index contributed by atoms with van der Waals surface area (Å²) in [6.07, 6.45) is 3.24. The number of carbonyl (C=O) groups excluding carboxylic acids is 1. The number of benzene rings is 4. The van der Waals surface area contributed by atoms with Crippen molar-refractivity contribution in [2.24, 2.45) is 0 Å². The van der Waals surface area contributed by atoms with Crippen molar-refractivity contribution in [3.63, 3.8) is 0 Å². The first-order valence-corrected chi connectivity index (χ1v) is 12.2. The fourth-order valence-electron chi connectivity index (χ4n) is 5.21. The van der Waals surface area contributed by atoms with E-state index >= 15 is 0 Å². The molecule has 1 spiro atoms. The van der Waals surface area contributed by atoms with Crippen molar-refractivity contribution in [3.05, 3.63) is 118 Å². The van der Waals surface area contributed by atoms with E-state index in [4.69, 9.17) is 9.47 Å². The molecule has 35 heavy (non-hydrogen) atoms. The highest BCUT2D eigenvalue weighted by Crippen LogP contribution is 2.57. The first-order valence-electron chi connectivity index (χ1n) is 12.2. The number of aryl methyl sites for hydroxylation is 2. The molecular weight excluding hydrogens is 434 g/mol.